The van der Waals surface area contributed by atoms with Gasteiger partial charge in [-0.05, 0) is 122 Å². The zero-order valence-electron chi connectivity index (χ0n) is 26.7. The van der Waals surface area contributed by atoms with Crippen molar-refractivity contribution in [2.75, 3.05) is 48.5 Å². The second-order valence-corrected chi connectivity index (χ2v) is 12.1. The lowest BCUT2D eigenvalue weighted by Gasteiger charge is -2.35. The van der Waals surface area contributed by atoms with Crippen molar-refractivity contribution in [3.05, 3.63) is 100 Å². The van der Waals surface area contributed by atoms with Gasteiger partial charge in [0.2, 0.25) is 0 Å². The van der Waals surface area contributed by atoms with Crippen molar-refractivity contribution < 1.29 is 29.2 Å². The van der Waals surface area contributed by atoms with E-state index < -0.39 is 0 Å². The number of rotatable bonds is 9. The molecule has 0 amide bonds. The minimum Gasteiger partial charge on any atom is -0.508 e. The van der Waals surface area contributed by atoms with Crippen molar-refractivity contribution in [3.63, 3.8) is 0 Å². The number of hydrogen-bond donors (Lipinski definition) is 2. The van der Waals surface area contributed by atoms with Crippen molar-refractivity contribution in [1.29, 1.82) is 0 Å². The molecule has 2 aliphatic rings. The van der Waals surface area contributed by atoms with Crippen molar-refractivity contribution in [2.45, 2.75) is 37.8 Å². The van der Waals surface area contributed by atoms with E-state index in [1.54, 1.807) is 39.5 Å². The van der Waals surface area contributed by atoms with E-state index in [4.69, 9.17) is 18.9 Å². The van der Waals surface area contributed by atoms with Crippen molar-refractivity contribution in [2.24, 2.45) is 0 Å². The van der Waals surface area contributed by atoms with Gasteiger partial charge in [-0.2, -0.15) is 0 Å². The Labute approximate surface area is 265 Å². The first kappa shape index (κ1) is 30.6. The highest BCUT2D eigenvalue weighted by atomic mass is 16.5. The molecule has 2 aliphatic heterocycles. The van der Waals surface area contributed by atoms with Crippen molar-refractivity contribution >= 4 is 0 Å². The molecule has 4 aromatic carbocycles. The topological polar surface area (TPSA) is 83.9 Å². The highest BCUT2D eigenvalue weighted by Crippen LogP contribution is 2.44. The van der Waals surface area contributed by atoms with Crippen LogP contribution in [0.3, 0.4) is 0 Å². The maximum atomic E-state index is 10.9. The van der Waals surface area contributed by atoms with Crippen molar-refractivity contribution in [3.8, 4) is 40.2 Å². The molecule has 0 saturated carbocycles. The SMILES string of the molecule is COc1cc2c(cc1OC)C(Cc1ccc(O)c(Oc3cc4c(cc3OC)CCN(C)C4Cc3ccc(O)cc3)c1)N(C)CC2. The fraction of sp³-hybridized carbons (Fsp3) is 0.351. The van der Waals surface area contributed by atoms with Gasteiger partial charge in [0.15, 0.2) is 34.5 Å². The maximum absolute atomic E-state index is 10.9. The molecule has 2 N–H and O–H groups in total. The van der Waals surface area contributed by atoms with Crippen LogP contribution in [0.5, 0.6) is 40.2 Å². The number of methoxy groups -OCH3 is 3. The van der Waals surface area contributed by atoms with Crippen LogP contribution in [0.25, 0.3) is 0 Å². The Balaban J connectivity index is 1.30. The number of phenolic OH excluding ortho intramolecular Hbond substituents is 2. The third kappa shape index (κ3) is 6.26. The molecule has 0 fully saturated rings. The number of aromatic hydroxyl groups is 2. The fourth-order valence-electron chi connectivity index (χ4n) is 6.72. The van der Waals surface area contributed by atoms with Crippen LogP contribution in [0.2, 0.25) is 0 Å². The van der Waals surface area contributed by atoms with Crippen LogP contribution in [0.4, 0.5) is 0 Å². The molecule has 2 heterocycles. The van der Waals surface area contributed by atoms with E-state index in [1.165, 1.54) is 22.3 Å². The van der Waals surface area contributed by atoms with Gasteiger partial charge in [0.1, 0.15) is 5.75 Å². The predicted octanol–water partition coefficient (Wildman–Crippen LogP) is 6.46. The first-order chi connectivity index (χ1) is 21.8. The third-order valence-corrected chi connectivity index (χ3v) is 9.36. The van der Waals surface area contributed by atoms with Crippen LogP contribution in [-0.4, -0.2) is 68.5 Å². The lowest BCUT2D eigenvalue weighted by Crippen LogP contribution is -2.33. The molecule has 4 aromatic rings. The number of phenols is 2. The summed E-state index contributed by atoms with van der Waals surface area (Å²) in [7, 11) is 9.26. The van der Waals surface area contributed by atoms with Gasteiger partial charge in [-0.1, -0.05) is 18.2 Å². The van der Waals surface area contributed by atoms with E-state index in [9.17, 15) is 10.2 Å². The van der Waals surface area contributed by atoms with Gasteiger partial charge in [-0.3, -0.25) is 9.80 Å². The molecular formula is C37H42N2O6. The molecule has 8 nitrogen and oxygen atoms in total. The summed E-state index contributed by atoms with van der Waals surface area (Å²) in [6, 6.07) is 21.6. The molecule has 0 spiro atoms. The Morgan fingerprint density at radius 3 is 1.67 bits per heavy atom. The molecule has 45 heavy (non-hydrogen) atoms. The van der Waals surface area contributed by atoms with E-state index in [0.717, 1.165) is 61.4 Å². The Kier molecular flexibility index (Phi) is 8.79. The molecule has 0 aromatic heterocycles. The highest BCUT2D eigenvalue weighted by molar-refractivity contribution is 5.54. The largest absolute Gasteiger partial charge is 0.508 e. The first-order valence-corrected chi connectivity index (χ1v) is 15.4. The maximum Gasteiger partial charge on any atom is 0.169 e. The van der Waals surface area contributed by atoms with Crippen LogP contribution in [0, 0.1) is 0 Å². The van der Waals surface area contributed by atoms with E-state index in [1.807, 2.05) is 24.3 Å². The lowest BCUT2D eigenvalue weighted by atomic mass is 9.88. The van der Waals surface area contributed by atoms with Gasteiger partial charge < -0.3 is 29.2 Å². The summed E-state index contributed by atoms with van der Waals surface area (Å²) in [5.74, 6) is 3.38. The Morgan fingerprint density at radius 1 is 0.600 bits per heavy atom. The Hall–Kier alpha value is -4.40. The summed E-state index contributed by atoms with van der Waals surface area (Å²) in [5, 5.41) is 20.7. The molecule has 0 saturated heterocycles. The summed E-state index contributed by atoms with van der Waals surface area (Å²) in [6.45, 7) is 1.86. The zero-order chi connectivity index (χ0) is 31.7. The summed E-state index contributed by atoms with van der Waals surface area (Å²) in [5.41, 5.74) is 7.07. The second-order valence-electron chi connectivity index (χ2n) is 12.1. The number of likely N-dealkylation sites (N-methyl/N-ethyl adjacent to an activating group) is 2. The molecule has 6 rings (SSSR count). The van der Waals surface area contributed by atoms with E-state index >= 15 is 0 Å². The summed E-state index contributed by atoms with van der Waals surface area (Å²) >= 11 is 0. The molecule has 8 heteroatoms. The van der Waals surface area contributed by atoms with Crippen LogP contribution in [-0.2, 0) is 25.7 Å². The Morgan fingerprint density at radius 2 is 1.09 bits per heavy atom. The molecule has 0 radical (unpaired) electrons. The highest BCUT2D eigenvalue weighted by Gasteiger charge is 2.29. The number of hydrogen-bond acceptors (Lipinski definition) is 8. The number of fused-ring (bicyclic) bond motifs is 2. The van der Waals surface area contributed by atoms with Gasteiger partial charge >= 0.3 is 0 Å². The molecule has 236 valence electrons. The number of benzene rings is 4. The minimum atomic E-state index is 0.0695. The summed E-state index contributed by atoms with van der Waals surface area (Å²) < 4.78 is 23.4. The van der Waals surface area contributed by atoms with Gasteiger partial charge in [0.25, 0.3) is 0 Å². The standard InChI is InChI=1S/C37H42N2O6/c1-38-14-13-26-20-35(43-4)37(22-29(26)30(38)16-23-6-9-27(40)10-7-23)45-33-18-24(8-11-32(33)41)17-31-28-21-36(44-5)34(42-3)19-25(28)12-15-39(31)2/h6-11,18-22,30-31,40-41H,12-17H2,1-5H3. The minimum absolute atomic E-state index is 0.0695. The van der Waals surface area contributed by atoms with E-state index in [-0.39, 0.29) is 23.6 Å². The molecule has 2 atom stereocenters. The van der Waals surface area contributed by atoms with Crippen LogP contribution < -0.4 is 18.9 Å². The van der Waals surface area contributed by atoms with E-state index in [0.29, 0.717) is 17.2 Å². The monoisotopic (exact) mass is 610 g/mol. The van der Waals surface area contributed by atoms with Gasteiger partial charge in [0, 0.05) is 25.2 Å². The second kappa shape index (κ2) is 12.9. The van der Waals surface area contributed by atoms with Gasteiger partial charge in [-0.15, -0.1) is 0 Å². The molecule has 2 unspecified atom stereocenters. The fourth-order valence-corrected chi connectivity index (χ4v) is 6.72. The normalized spacial score (nSPS) is 18.2. The zero-order valence-corrected chi connectivity index (χ0v) is 26.7. The van der Waals surface area contributed by atoms with Crippen molar-refractivity contribution in [1.82, 2.24) is 9.80 Å². The molecule has 0 bridgehead atoms. The predicted molar refractivity (Wildman–Crippen MR) is 174 cm³/mol. The van der Waals surface area contributed by atoms with E-state index in [2.05, 4.69) is 48.2 Å². The van der Waals surface area contributed by atoms with Gasteiger partial charge in [-0.25, -0.2) is 0 Å². The summed E-state index contributed by atoms with van der Waals surface area (Å²) in [4.78, 5) is 4.71. The summed E-state index contributed by atoms with van der Waals surface area (Å²) in [6.07, 6.45) is 3.37. The third-order valence-electron chi connectivity index (χ3n) is 9.36. The smallest absolute Gasteiger partial charge is 0.169 e. The van der Waals surface area contributed by atoms with Crippen LogP contribution in [0.1, 0.15) is 45.5 Å². The van der Waals surface area contributed by atoms with Crippen LogP contribution >= 0.6 is 0 Å². The quantitative estimate of drug-likeness (QED) is 0.224. The molecular weight excluding hydrogens is 568 g/mol. The first-order valence-electron chi connectivity index (χ1n) is 15.4. The molecule has 0 aliphatic carbocycles. The number of nitrogens with zero attached hydrogens (tertiary/aromatic N) is 2. The average Bonchev–Trinajstić information content (AvgIpc) is 3.05. The van der Waals surface area contributed by atoms with Gasteiger partial charge in [0.05, 0.1) is 21.3 Å². The number of ether oxygens (including phenoxy) is 4. The lowest BCUT2D eigenvalue weighted by molar-refractivity contribution is 0.227. The average molecular weight is 611 g/mol. The Bertz CT molecular complexity index is 1670. The van der Waals surface area contributed by atoms with Crippen LogP contribution in [0.15, 0.2) is 66.7 Å².